The summed E-state index contributed by atoms with van der Waals surface area (Å²) in [5.74, 6) is 0.0991. The van der Waals surface area contributed by atoms with Crippen molar-refractivity contribution in [2.45, 2.75) is 23.8 Å². The van der Waals surface area contributed by atoms with Crippen molar-refractivity contribution < 1.29 is 19.2 Å². The van der Waals surface area contributed by atoms with Crippen molar-refractivity contribution in [1.29, 1.82) is 0 Å². The molecule has 1 aliphatic heterocycles. The molecule has 0 N–H and O–H groups in total. The van der Waals surface area contributed by atoms with Gasteiger partial charge in [0.2, 0.25) is 0 Å². The highest BCUT2D eigenvalue weighted by atomic mass is 32.2. The molecule has 108 valence electrons. The molecule has 20 heavy (non-hydrogen) atoms. The van der Waals surface area contributed by atoms with E-state index in [-0.39, 0.29) is 17.4 Å². The van der Waals surface area contributed by atoms with E-state index >= 15 is 0 Å². The van der Waals surface area contributed by atoms with Gasteiger partial charge in [-0.05, 0) is 25.0 Å². The van der Waals surface area contributed by atoms with Gasteiger partial charge in [-0.1, -0.05) is 0 Å². The Bertz CT molecular complexity index is 513. The fraction of sp³-hybridized carbons (Fsp3) is 0.462. The van der Waals surface area contributed by atoms with Crippen LogP contribution >= 0.6 is 11.8 Å². The minimum atomic E-state index is -0.580. The number of hydrogen-bond acceptors (Lipinski definition) is 6. The summed E-state index contributed by atoms with van der Waals surface area (Å²) in [6.45, 7) is 0.759. The van der Waals surface area contributed by atoms with Crippen molar-refractivity contribution in [2.24, 2.45) is 0 Å². The summed E-state index contributed by atoms with van der Waals surface area (Å²) in [4.78, 5) is 22.5. The number of ether oxygens (including phenoxy) is 2. The number of carbonyl (C=O) groups excluding carboxylic acids is 1. The van der Waals surface area contributed by atoms with E-state index in [1.807, 2.05) is 0 Å². The molecule has 0 spiro atoms. The van der Waals surface area contributed by atoms with Crippen LogP contribution < -0.4 is 0 Å². The maximum atomic E-state index is 11.4. The Kier molecular flexibility index (Phi) is 4.97. The zero-order valence-corrected chi connectivity index (χ0v) is 11.9. The molecule has 1 aromatic carbocycles. The maximum absolute atomic E-state index is 11.4. The fourth-order valence-electron chi connectivity index (χ4n) is 1.99. The lowest BCUT2D eigenvalue weighted by Crippen LogP contribution is -2.08. The molecular weight excluding hydrogens is 282 g/mol. The highest BCUT2D eigenvalue weighted by Gasteiger charge is 2.21. The molecule has 1 fully saturated rings. The predicted molar refractivity (Wildman–Crippen MR) is 74.1 cm³/mol. The van der Waals surface area contributed by atoms with Gasteiger partial charge < -0.3 is 9.47 Å². The van der Waals surface area contributed by atoms with Crippen molar-refractivity contribution in [3.8, 4) is 0 Å². The van der Waals surface area contributed by atoms with Crippen molar-refractivity contribution in [1.82, 2.24) is 0 Å². The molecule has 0 radical (unpaired) electrons. The third-order valence-corrected chi connectivity index (χ3v) is 4.22. The van der Waals surface area contributed by atoms with Gasteiger partial charge in [-0.3, -0.25) is 10.1 Å². The van der Waals surface area contributed by atoms with Crippen LogP contribution in [0.4, 0.5) is 5.69 Å². The third-order valence-electron chi connectivity index (χ3n) is 3.03. The molecule has 1 aromatic rings. The molecule has 2 rings (SSSR count). The van der Waals surface area contributed by atoms with Gasteiger partial charge in [-0.2, -0.15) is 0 Å². The molecule has 7 heteroatoms. The summed E-state index contributed by atoms with van der Waals surface area (Å²) >= 11 is 1.38. The largest absolute Gasteiger partial charge is 0.465 e. The van der Waals surface area contributed by atoms with E-state index in [9.17, 15) is 14.9 Å². The fourth-order valence-corrected chi connectivity index (χ4v) is 3.06. The van der Waals surface area contributed by atoms with E-state index in [4.69, 9.17) is 4.74 Å². The molecule has 1 atom stereocenters. The van der Waals surface area contributed by atoms with E-state index in [0.29, 0.717) is 10.6 Å². The van der Waals surface area contributed by atoms with Gasteiger partial charge in [0.05, 0.1) is 28.6 Å². The smallest absolute Gasteiger partial charge is 0.338 e. The van der Waals surface area contributed by atoms with Crippen molar-refractivity contribution in [3.63, 3.8) is 0 Å². The first-order chi connectivity index (χ1) is 9.61. The summed E-state index contributed by atoms with van der Waals surface area (Å²) in [5.41, 5.74) is 0.108. The molecule has 0 bridgehead atoms. The summed E-state index contributed by atoms with van der Waals surface area (Å²) in [6, 6.07) is 4.38. The number of carbonyl (C=O) groups is 1. The third kappa shape index (κ3) is 3.49. The summed E-state index contributed by atoms with van der Waals surface area (Å²) in [5, 5.41) is 11.1. The molecule has 6 nitrogen and oxygen atoms in total. The number of benzene rings is 1. The van der Waals surface area contributed by atoms with Crippen LogP contribution in [0.25, 0.3) is 0 Å². The number of esters is 1. The van der Waals surface area contributed by atoms with Crippen LogP contribution in [0.3, 0.4) is 0 Å². The Morgan fingerprint density at radius 3 is 3.00 bits per heavy atom. The Hall–Kier alpha value is -1.60. The zero-order valence-electron chi connectivity index (χ0n) is 11.0. The van der Waals surface area contributed by atoms with Gasteiger partial charge in [0.25, 0.3) is 5.69 Å². The average molecular weight is 297 g/mol. The van der Waals surface area contributed by atoms with Crippen LogP contribution in [-0.4, -0.2) is 36.5 Å². The van der Waals surface area contributed by atoms with Crippen LogP contribution in [-0.2, 0) is 9.47 Å². The van der Waals surface area contributed by atoms with Crippen LogP contribution in [0.1, 0.15) is 23.2 Å². The Balaban J connectivity index is 2.14. The molecule has 0 unspecified atom stereocenters. The maximum Gasteiger partial charge on any atom is 0.338 e. The van der Waals surface area contributed by atoms with Gasteiger partial charge in [-0.15, -0.1) is 11.8 Å². The lowest BCUT2D eigenvalue weighted by atomic mass is 10.2. The molecule has 1 aliphatic rings. The van der Waals surface area contributed by atoms with Gasteiger partial charge >= 0.3 is 5.97 Å². The number of rotatable bonds is 5. The second kappa shape index (κ2) is 6.71. The van der Waals surface area contributed by atoms with Crippen LogP contribution in [0, 0.1) is 10.1 Å². The van der Waals surface area contributed by atoms with Crippen molar-refractivity contribution in [3.05, 3.63) is 33.9 Å². The lowest BCUT2D eigenvalue weighted by Gasteiger charge is -2.09. The normalized spacial score (nSPS) is 17.9. The van der Waals surface area contributed by atoms with Crippen LogP contribution in [0.15, 0.2) is 23.1 Å². The van der Waals surface area contributed by atoms with Gasteiger partial charge in [-0.25, -0.2) is 4.79 Å². The minimum absolute atomic E-state index is 0.0732. The molecular formula is C13H15NO5S. The summed E-state index contributed by atoms with van der Waals surface area (Å²) in [7, 11) is 1.24. The highest BCUT2D eigenvalue weighted by Crippen LogP contribution is 2.32. The lowest BCUT2D eigenvalue weighted by molar-refractivity contribution is -0.387. The number of methoxy groups -OCH3 is 1. The highest BCUT2D eigenvalue weighted by molar-refractivity contribution is 7.99. The first kappa shape index (κ1) is 14.8. The second-order valence-electron chi connectivity index (χ2n) is 4.38. The zero-order chi connectivity index (χ0) is 14.5. The van der Waals surface area contributed by atoms with E-state index in [1.54, 1.807) is 6.07 Å². The van der Waals surface area contributed by atoms with Gasteiger partial charge in [0.15, 0.2) is 0 Å². The minimum Gasteiger partial charge on any atom is -0.465 e. The van der Waals surface area contributed by atoms with Crippen molar-refractivity contribution in [2.75, 3.05) is 19.5 Å². The SMILES string of the molecule is COC(=O)c1ccc(SC[C@H]2CCCO2)c([N+](=O)[O-])c1. The first-order valence-electron chi connectivity index (χ1n) is 6.23. The van der Waals surface area contributed by atoms with E-state index in [1.165, 1.54) is 31.0 Å². The molecule has 0 amide bonds. The quantitative estimate of drug-likeness (QED) is 0.360. The first-order valence-corrected chi connectivity index (χ1v) is 7.21. The van der Waals surface area contributed by atoms with Crippen LogP contribution in [0.2, 0.25) is 0 Å². The number of nitro benzene ring substituents is 1. The molecule has 1 heterocycles. The number of nitro groups is 1. The van der Waals surface area contributed by atoms with E-state index in [0.717, 1.165) is 19.4 Å². The second-order valence-corrected chi connectivity index (χ2v) is 5.44. The van der Waals surface area contributed by atoms with E-state index in [2.05, 4.69) is 4.74 Å². The molecule has 0 aliphatic carbocycles. The molecule has 1 saturated heterocycles. The number of nitrogens with zero attached hydrogens (tertiary/aromatic N) is 1. The number of hydrogen-bond donors (Lipinski definition) is 0. The topological polar surface area (TPSA) is 78.7 Å². The average Bonchev–Trinajstić information content (AvgIpc) is 2.97. The monoisotopic (exact) mass is 297 g/mol. The van der Waals surface area contributed by atoms with Gasteiger partial charge in [0, 0.05) is 18.4 Å². The summed E-state index contributed by atoms with van der Waals surface area (Å²) < 4.78 is 10.1. The standard InChI is InChI=1S/C13H15NO5S/c1-18-13(15)9-4-5-12(11(7-9)14(16)17)20-8-10-3-2-6-19-10/h4-5,7,10H,2-3,6,8H2,1H3/t10-/m1/s1. The Morgan fingerprint density at radius 2 is 2.40 bits per heavy atom. The van der Waals surface area contributed by atoms with Crippen molar-refractivity contribution >= 4 is 23.4 Å². The number of thioether (sulfide) groups is 1. The van der Waals surface area contributed by atoms with Gasteiger partial charge in [0.1, 0.15) is 0 Å². The molecule has 0 aromatic heterocycles. The summed E-state index contributed by atoms with van der Waals surface area (Å²) in [6.07, 6.45) is 2.18. The van der Waals surface area contributed by atoms with Crippen LogP contribution in [0.5, 0.6) is 0 Å². The molecule has 0 saturated carbocycles. The Morgan fingerprint density at radius 1 is 1.60 bits per heavy atom. The van der Waals surface area contributed by atoms with E-state index < -0.39 is 10.9 Å². The predicted octanol–water partition coefficient (Wildman–Crippen LogP) is 2.65. The Labute approximate surface area is 120 Å².